The summed E-state index contributed by atoms with van der Waals surface area (Å²) in [6.07, 6.45) is 3.02. The number of H-pyrrole nitrogens is 1. The average Bonchev–Trinajstić information content (AvgIpc) is 3.11. The predicted molar refractivity (Wildman–Crippen MR) is 75.0 cm³/mol. The number of benzene rings is 1. The van der Waals surface area contributed by atoms with Gasteiger partial charge in [-0.25, -0.2) is 4.98 Å². The highest BCUT2D eigenvalue weighted by molar-refractivity contribution is 7.99. The molecule has 100 valence electrons. The van der Waals surface area contributed by atoms with E-state index in [-0.39, 0.29) is 0 Å². The average molecular weight is 285 g/mol. The maximum absolute atomic E-state index is 8.47. The van der Waals surface area contributed by atoms with E-state index in [0.29, 0.717) is 17.5 Å². The smallest absolute Gasteiger partial charge is 0.276 e. The summed E-state index contributed by atoms with van der Waals surface area (Å²) in [5.74, 6) is 1.29. The lowest BCUT2D eigenvalue weighted by Crippen LogP contribution is -1.79. The molecule has 0 aliphatic rings. The van der Waals surface area contributed by atoms with E-state index in [4.69, 9.17) is 9.68 Å². The fourth-order valence-corrected chi connectivity index (χ4v) is 2.46. The van der Waals surface area contributed by atoms with Crippen molar-refractivity contribution in [2.45, 2.75) is 18.1 Å². The quantitative estimate of drug-likeness (QED) is 0.572. The Labute approximate surface area is 119 Å². The molecule has 0 fully saturated rings. The number of hydrogen-bond acceptors (Lipinski definition) is 6. The highest BCUT2D eigenvalue weighted by Gasteiger charge is 2.10. The molecular formula is C13H11N5OS. The van der Waals surface area contributed by atoms with E-state index in [1.165, 1.54) is 11.8 Å². The molecule has 20 heavy (non-hydrogen) atoms. The van der Waals surface area contributed by atoms with Crippen LogP contribution in [0.2, 0.25) is 0 Å². The van der Waals surface area contributed by atoms with Crippen LogP contribution in [-0.4, -0.2) is 25.9 Å². The van der Waals surface area contributed by atoms with Crippen LogP contribution < -0.4 is 0 Å². The van der Waals surface area contributed by atoms with Gasteiger partial charge < -0.3 is 9.40 Å². The zero-order valence-corrected chi connectivity index (χ0v) is 11.4. The van der Waals surface area contributed by atoms with Crippen LogP contribution in [0.5, 0.6) is 0 Å². The molecule has 0 atom stereocenters. The summed E-state index contributed by atoms with van der Waals surface area (Å²) >= 11 is 1.47. The number of imidazole rings is 1. The number of fused-ring (bicyclic) bond motifs is 1. The lowest BCUT2D eigenvalue weighted by molar-refractivity contribution is 0.466. The van der Waals surface area contributed by atoms with Gasteiger partial charge in [-0.05, 0) is 24.6 Å². The molecule has 0 saturated carbocycles. The Morgan fingerprint density at radius 3 is 3.20 bits per heavy atom. The molecule has 3 aromatic rings. The molecule has 0 unspecified atom stereocenters. The van der Waals surface area contributed by atoms with Crippen LogP contribution >= 0.6 is 11.8 Å². The first-order valence-corrected chi connectivity index (χ1v) is 7.12. The van der Waals surface area contributed by atoms with Gasteiger partial charge in [0.2, 0.25) is 5.89 Å². The van der Waals surface area contributed by atoms with E-state index in [2.05, 4.69) is 26.2 Å². The van der Waals surface area contributed by atoms with Gasteiger partial charge in [0.1, 0.15) is 0 Å². The Bertz CT molecular complexity index is 757. The summed E-state index contributed by atoms with van der Waals surface area (Å²) in [6, 6.07) is 7.85. The van der Waals surface area contributed by atoms with Crippen LogP contribution in [-0.2, 0) is 0 Å². The second kappa shape index (κ2) is 5.75. The summed E-state index contributed by atoms with van der Waals surface area (Å²) in [6.45, 7) is 0. The van der Waals surface area contributed by atoms with Crippen molar-refractivity contribution >= 4 is 22.8 Å². The van der Waals surface area contributed by atoms with Gasteiger partial charge in [-0.2, -0.15) is 5.26 Å². The summed E-state index contributed by atoms with van der Waals surface area (Å²) in [5, 5.41) is 17.0. The van der Waals surface area contributed by atoms with E-state index >= 15 is 0 Å². The molecule has 6 nitrogen and oxygen atoms in total. The number of nitrogens with zero attached hydrogens (tertiary/aromatic N) is 4. The third kappa shape index (κ3) is 2.65. The molecule has 2 aromatic heterocycles. The van der Waals surface area contributed by atoms with E-state index in [9.17, 15) is 0 Å². The number of hydrogen-bond donors (Lipinski definition) is 1. The number of rotatable bonds is 5. The van der Waals surface area contributed by atoms with E-state index < -0.39 is 0 Å². The first-order valence-electron chi connectivity index (χ1n) is 6.13. The van der Waals surface area contributed by atoms with Gasteiger partial charge in [0.05, 0.1) is 23.4 Å². The minimum atomic E-state index is 0.490. The standard InChI is InChI=1S/C13H11N5OS/c14-5-1-2-6-20-13-18-17-12(19-13)9-3-4-10-11(7-9)16-8-15-10/h3-4,7-8H,1-2,6H2,(H,15,16). The molecule has 0 radical (unpaired) electrons. The summed E-state index contributed by atoms with van der Waals surface area (Å²) < 4.78 is 5.60. The first kappa shape index (κ1) is 12.7. The Hall–Kier alpha value is -2.33. The fourth-order valence-electron chi connectivity index (χ4n) is 1.76. The Balaban J connectivity index is 1.74. The van der Waals surface area contributed by atoms with Crippen molar-refractivity contribution in [1.29, 1.82) is 5.26 Å². The van der Waals surface area contributed by atoms with Gasteiger partial charge in [-0.1, -0.05) is 11.8 Å². The number of nitriles is 1. The second-order valence-electron chi connectivity index (χ2n) is 4.12. The lowest BCUT2D eigenvalue weighted by Gasteiger charge is -1.95. The minimum absolute atomic E-state index is 0.490. The number of thioether (sulfide) groups is 1. The highest BCUT2D eigenvalue weighted by Crippen LogP contribution is 2.25. The Morgan fingerprint density at radius 1 is 1.35 bits per heavy atom. The summed E-state index contributed by atoms with van der Waals surface area (Å²) in [5.41, 5.74) is 2.70. The first-order chi connectivity index (χ1) is 9.86. The summed E-state index contributed by atoms with van der Waals surface area (Å²) in [4.78, 5) is 7.21. The van der Waals surface area contributed by atoms with Crippen molar-refractivity contribution in [3.63, 3.8) is 0 Å². The monoisotopic (exact) mass is 285 g/mol. The van der Waals surface area contributed by atoms with Crippen LogP contribution in [0.25, 0.3) is 22.5 Å². The summed E-state index contributed by atoms with van der Waals surface area (Å²) in [7, 11) is 0. The second-order valence-corrected chi connectivity index (χ2v) is 5.16. The van der Waals surface area contributed by atoms with Crippen LogP contribution in [0.4, 0.5) is 0 Å². The topological polar surface area (TPSA) is 91.4 Å². The molecule has 1 aromatic carbocycles. The van der Waals surface area contributed by atoms with Crippen LogP contribution in [0, 0.1) is 11.3 Å². The third-order valence-corrected chi connectivity index (χ3v) is 3.64. The largest absolute Gasteiger partial charge is 0.411 e. The predicted octanol–water partition coefficient (Wildman–Crippen LogP) is 3.01. The molecule has 3 rings (SSSR count). The number of aromatic nitrogens is 4. The molecular weight excluding hydrogens is 274 g/mol. The zero-order chi connectivity index (χ0) is 13.8. The Morgan fingerprint density at radius 2 is 2.30 bits per heavy atom. The molecule has 0 aliphatic carbocycles. The highest BCUT2D eigenvalue weighted by atomic mass is 32.2. The van der Waals surface area contributed by atoms with Gasteiger partial charge in [0.25, 0.3) is 5.22 Å². The fraction of sp³-hybridized carbons (Fsp3) is 0.231. The van der Waals surface area contributed by atoms with E-state index in [1.807, 2.05) is 18.2 Å². The lowest BCUT2D eigenvalue weighted by atomic mass is 10.2. The SMILES string of the molecule is N#CCCCSc1nnc(-c2ccc3nc[nH]c3c2)o1. The van der Waals surface area contributed by atoms with Gasteiger partial charge in [-0.15, -0.1) is 10.2 Å². The zero-order valence-electron chi connectivity index (χ0n) is 10.5. The van der Waals surface area contributed by atoms with Crippen LogP contribution in [0.3, 0.4) is 0 Å². The molecule has 1 N–H and O–H groups in total. The molecule has 0 bridgehead atoms. The molecule has 0 amide bonds. The number of aromatic amines is 1. The van der Waals surface area contributed by atoms with Crippen molar-refractivity contribution in [3.05, 3.63) is 24.5 Å². The normalized spacial score (nSPS) is 10.8. The molecule has 7 heteroatoms. The van der Waals surface area contributed by atoms with Crippen molar-refractivity contribution in [1.82, 2.24) is 20.2 Å². The molecule has 2 heterocycles. The molecule has 0 spiro atoms. The maximum Gasteiger partial charge on any atom is 0.276 e. The van der Waals surface area contributed by atoms with E-state index in [0.717, 1.165) is 28.8 Å². The van der Waals surface area contributed by atoms with Gasteiger partial charge in [0, 0.05) is 17.7 Å². The minimum Gasteiger partial charge on any atom is -0.411 e. The van der Waals surface area contributed by atoms with Crippen LogP contribution in [0.1, 0.15) is 12.8 Å². The van der Waals surface area contributed by atoms with Crippen molar-refractivity contribution in [3.8, 4) is 17.5 Å². The van der Waals surface area contributed by atoms with Crippen LogP contribution in [0.15, 0.2) is 34.2 Å². The number of nitrogens with one attached hydrogen (secondary N) is 1. The van der Waals surface area contributed by atoms with Crippen molar-refractivity contribution in [2.75, 3.05) is 5.75 Å². The maximum atomic E-state index is 8.47. The van der Waals surface area contributed by atoms with Gasteiger partial charge >= 0.3 is 0 Å². The Kier molecular flexibility index (Phi) is 3.65. The molecule has 0 saturated heterocycles. The molecule has 0 aliphatic heterocycles. The third-order valence-electron chi connectivity index (χ3n) is 2.73. The van der Waals surface area contributed by atoms with Crippen molar-refractivity contribution in [2.24, 2.45) is 0 Å². The van der Waals surface area contributed by atoms with Gasteiger partial charge in [0.15, 0.2) is 0 Å². The van der Waals surface area contributed by atoms with Crippen molar-refractivity contribution < 1.29 is 4.42 Å². The van der Waals surface area contributed by atoms with E-state index in [1.54, 1.807) is 6.33 Å². The number of unbranched alkanes of at least 4 members (excludes halogenated alkanes) is 1. The van der Waals surface area contributed by atoms with Gasteiger partial charge in [-0.3, -0.25) is 0 Å².